The van der Waals surface area contributed by atoms with Crippen molar-refractivity contribution in [2.75, 3.05) is 39.0 Å². The van der Waals surface area contributed by atoms with Gasteiger partial charge in [-0.15, -0.1) is 0 Å². The summed E-state index contributed by atoms with van der Waals surface area (Å²) >= 11 is 0. The van der Waals surface area contributed by atoms with Crippen LogP contribution in [0.15, 0.2) is 36.4 Å². The molecule has 1 fully saturated rings. The average Bonchev–Trinajstić information content (AvgIpc) is 3.47. The van der Waals surface area contributed by atoms with Gasteiger partial charge in [-0.25, -0.2) is 0 Å². The van der Waals surface area contributed by atoms with Crippen molar-refractivity contribution in [3.8, 4) is 17.2 Å². The third kappa shape index (κ3) is 4.90. The van der Waals surface area contributed by atoms with E-state index in [1.54, 1.807) is 31.4 Å². The van der Waals surface area contributed by atoms with E-state index in [-0.39, 0.29) is 49.8 Å². The molecule has 0 unspecified atom stereocenters. The predicted molar refractivity (Wildman–Crippen MR) is 124 cm³/mol. The van der Waals surface area contributed by atoms with Crippen LogP contribution in [-0.4, -0.2) is 68.9 Å². The van der Waals surface area contributed by atoms with E-state index < -0.39 is 6.10 Å². The van der Waals surface area contributed by atoms with Crippen molar-refractivity contribution in [1.29, 1.82) is 0 Å². The quantitative estimate of drug-likeness (QED) is 0.485. The second-order valence-electron chi connectivity index (χ2n) is 8.73. The van der Waals surface area contributed by atoms with Gasteiger partial charge in [-0.2, -0.15) is 0 Å². The number of hydrogen-bond acceptors (Lipinski definition) is 8. The average molecular weight is 485 g/mol. The molecule has 10 nitrogen and oxygen atoms in total. The van der Waals surface area contributed by atoms with Gasteiger partial charge in [-0.05, 0) is 42.8 Å². The van der Waals surface area contributed by atoms with Gasteiger partial charge in [0, 0.05) is 36.4 Å². The molecule has 3 N–H and O–H groups in total. The Balaban J connectivity index is 1.29. The lowest BCUT2D eigenvalue weighted by Crippen LogP contribution is -2.47. The largest absolute Gasteiger partial charge is 0.487 e. The van der Waals surface area contributed by atoms with Crippen molar-refractivity contribution in [2.24, 2.45) is 0 Å². The maximum atomic E-state index is 12.8. The molecule has 0 saturated carbocycles. The summed E-state index contributed by atoms with van der Waals surface area (Å²) in [6.07, 6.45) is -0.533. The van der Waals surface area contributed by atoms with Gasteiger partial charge in [0.05, 0.1) is 25.7 Å². The second kappa shape index (κ2) is 10.1. The van der Waals surface area contributed by atoms with Crippen LogP contribution in [0.3, 0.4) is 0 Å². The van der Waals surface area contributed by atoms with Crippen LogP contribution in [0.2, 0.25) is 0 Å². The molecule has 0 radical (unpaired) electrons. The summed E-state index contributed by atoms with van der Waals surface area (Å²) in [6.45, 7) is 0.784. The number of carbonyl (C=O) groups is 2. The fourth-order valence-electron chi connectivity index (χ4n) is 4.78. The molecule has 0 bridgehead atoms. The Bertz CT molecular complexity index is 1110. The van der Waals surface area contributed by atoms with E-state index in [1.807, 2.05) is 12.1 Å². The Morgan fingerprint density at radius 1 is 1.11 bits per heavy atom. The molecule has 0 spiro atoms. The van der Waals surface area contributed by atoms with Crippen molar-refractivity contribution < 1.29 is 38.4 Å². The van der Waals surface area contributed by atoms with Crippen LogP contribution in [0.5, 0.6) is 17.2 Å². The second-order valence-corrected chi connectivity index (χ2v) is 8.73. The molecule has 0 aliphatic carbocycles. The minimum Gasteiger partial charge on any atom is -0.487 e. The highest BCUT2D eigenvalue weighted by molar-refractivity contribution is 6.04. The van der Waals surface area contributed by atoms with Crippen molar-refractivity contribution >= 4 is 17.5 Å². The van der Waals surface area contributed by atoms with Gasteiger partial charge in [-0.3, -0.25) is 9.59 Å². The first-order valence-corrected chi connectivity index (χ1v) is 11.6. The zero-order valence-corrected chi connectivity index (χ0v) is 19.3. The highest BCUT2D eigenvalue weighted by Gasteiger charge is 2.46. The summed E-state index contributed by atoms with van der Waals surface area (Å²) < 4.78 is 27.7. The minimum atomic E-state index is -0.551. The number of fused-ring (bicyclic) bond motifs is 4. The van der Waals surface area contributed by atoms with Crippen LogP contribution in [0.25, 0.3) is 0 Å². The summed E-state index contributed by atoms with van der Waals surface area (Å²) in [5.41, 5.74) is 2.00. The van der Waals surface area contributed by atoms with E-state index in [0.29, 0.717) is 48.1 Å². The maximum Gasteiger partial charge on any atom is 0.255 e. The summed E-state index contributed by atoms with van der Waals surface area (Å²) in [7, 11) is 1.58. The molecule has 3 heterocycles. The van der Waals surface area contributed by atoms with Crippen molar-refractivity contribution in [3.63, 3.8) is 0 Å². The number of benzene rings is 2. The van der Waals surface area contributed by atoms with E-state index in [1.165, 1.54) is 0 Å². The van der Waals surface area contributed by atoms with Gasteiger partial charge >= 0.3 is 0 Å². The molecule has 5 rings (SSSR count). The van der Waals surface area contributed by atoms with Crippen LogP contribution >= 0.6 is 0 Å². The number of methoxy groups -OCH3 is 1. The van der Waals surface area contributed by atoms with Crippen LogP contribution < -0.4 is 24.8 Å². The molecular formula is C25H28N2O8. The maximum absolute atomic E-state index is 12.8. The zero-order chi connectivity index (χ0) is 24.4. The molecule has 35 heavy (non-hydrogen) atoms. The van der Waals surface area contributed by atoms with E-state index in [0.717, 1.165) is 5.56 Å². The first-order chi connectivity index (χ1) is 17.1. The molecule has 186 valence electrons. The number of hydrogen-bond donors (Lipinski definition) is 3. The van der Waals surface area contributed by atoms with Gasteiger partial charge in [-0.1, -0.05) is 0 Å². The van der Waals surface area contributed by atoms with E-state index in [9.17, 15) is 14.7 Å². The van der Waals surface area contributed by atoms with Gasteiger partial charge in [0.2, 0.25) is 12.7 Å². The number of aliphatic hydroxyl groups excluding tert-OH is 1. The Labute approximate surface area is 202 Å². The SMILES string of the molecule is COCCNC(=O)C[C@H]1C[C@H]2c3cc(NC(=O)c4ccc5c(c4)OCO5)ccc3O[C@H]2[C@@H](CO)O1. The lowest BCUT2D eigenvalue weighted by Gasteiger charge is -2.37. The zero-order valence-electron chi connectivity index (χ0n) is 19.3. The highest BCUT2D eigenvalue weighted by atomic mass is 16.7. The normalized spacial score (nSPS) is 23.7. The number of nitrogens with one attached hydrogen (secondary N) is 2. The molecule has 10 heteroatoms. The van der Waals surface area contributed by atoms with E-state index in [4.69, 9.17) is 23.7 Å². The number of rotatable bonds is 8. The Kier molecular flexibility index (Phi) is 6.76. The van der Waals surface area contributed by atoms with Crippen LogP contribution in [0.4, 0.5) is 5.69 Å². The van der Waals surface area contributed by atoms with E-state index in [2.05, 4.69) is 10.6 Å². The molecule has 2 amide bonds. The van der Waals surface area contributed by atoms with Crippen LogP contribution in [0.1, 0.15) is 34.7 Å². The van der Waals surface area contributed by atoms with Gasteiger partial charge in [0.25, 0.3) is 5.91 Å². The molecule has 3 aliphatic rings. The number of ether oxygens (including phenoxy) is 5. The lowest BCUT2D eigenvalue weighted by molar-refractivity contribution is -0.142. The van der Waals surface area contributed by atoms with Gasteiger partial charge in [0.1, 0.15) is 18.0 Å². The fraction of sp³-hybridized carbons (Fsp3) is 0.440. The summed E-state index contributed by atoms with van der Waals surface area (Å²) in [5, 5.41) is 15.6. The summed E-state index contributed by atoms with van der Waals surface area (Å²) in [6, 6.07) is 10.5. The highest BCUT2D eigenvalue weighted by Crippen LogP contribution is 2.47. The number of aliphatic hydroxyl groups is 1. The number of carbonyl (C=O) groups excluding carboxylic acids is 2. The smallest absolute Gasteiger partial charge is 0.255 e. The first-order valence-electron chi connectivity index (χ1n) is 11.6. The van der Waals surface area contributed by atoms with Gasteiger partial charge < -0.3 is 39.4 Å². The van der Waals surface area contributed by atoms with E-state index >= 15 is 0 Å². The molecule has 4 atom stereocenters. The Morgan fingerprint density at radius 3 is 2.77 bits per heavy atom. The number of anilines is 1. The molecule has 3 aliphatic heterocycles. The molecule has 2 aromatic carbocycles. The fourth-order valence-corrected chi connectivity index (χ4v) is 4.78. The summed E-state index contributed by atoms with van der Waals surface area (Å²) in [4.78, 5) is 25.1. The van der Waals surface area contributed by atoms with Crippen LogP contribution in [0, 0.1) is 0 Å². The topological polar surface area (TPSA) is 125 Å². The molecule has 2 aromatic rings. The monoisotopic (exact) mass is 484 g/mol. The van der Waals surface area contributed by atoms with Crippen LogP contribution in [-0.2, 0) is 14.3 Å². The Morgan fingerprint density at radius 2 is 1.94 bits per heavy atom. The lowest BCUT2D eigenvalue weighted by atomic mass is 9.84. The standard InChI is InChI=1S/C25H28N2O8/c1-31-7-6-26-23(29)11-16-10-18-17-9-15(3-5-19(17)35-24(18)22(12-28)34-16)27-25(30)14-2-4-20-21(8-14)33-13-32-20/h2-5,8-9,16,18,22,24,28H,6-7,10-13H2,1H3,(H,26,29)(H,27,30)/t16-,18+,22-,24-/m1/s1. The molecule has 0 aromatic heterocycles. The third-order valence-corrected chi connectivity index (χ3v) is 6.43. The van der Waals surface area contributed by atoms with Crippen molar-refractivity contribution in [1.82, 2.24) is 5.32 Å². The van der Waals surface area contributed by atoms with Gasteiger partial charge in [0.15, 0.2) is 11.5 Å². The predicted octanol–water partition coefficient (Wildman–Crippen LogP) is 1.81. The third-order valence-electron chi connectivity index (χ3n) is 6.43. The molecular weight excluding hydrogens is 456 g/mol. The number of amides is 2. The minimum absolute atomic E-state index is 0.0740. The first kappa shape index (κ1) is 23.4. The summed E-state index contributed by atoms with van der Waals surface area (Å²) in [5.74, 6) is 1.36. The van der Waals surface area contributed by atoms with Crippen molar-refractivity contribution in [2.45, 2.75) is 37.1 Å². The molecule has 1 saturated heterocycles. The van der Waals surface area contributed by atoms with Crippen molar-refractivity contribution in [3.05, 3.63) is 47.5 Å². The Hall–Kier alpha value is -3.34.